The molecule has 0 bridgehead atoms. The van der Waals surface area contributed by atoms with Crippen molar-refractivity contribution in [3.63, 3.8) is 0 Å². The number of fused-ring (bicyclic) bond motifs is 1. The first-order valence-corrected chi connectivity index (χ1v) is 8.89. The maximum absolute atomic E-state index is 12.4. The molecule has 122 valence electrons. The number of rotatable bonds is 5. The zero-order chi connectivity index (χ0) is 16.4. The highest BCUT2D eigenvalue weighted by Crippen LogP contribution is 2.32. The zero-order valence-electron chi connectivity index (χ0n) is 13.1. The topological polar surface area (TPSA) is 64.6 Å². The molecule has 0 amide bonds. The third-order valence-electron chi connectivity index (χ3n) is 3.78. The lowest BCUT2D eigenvalue weighted by Crippen LogP contribution is -2.26. The third-order valence-corrected chi connectivity index (χ3v) is 5.38. The summed E-state index contributed by atoms with van der Waals surface area (Å²) in [5, 5.41) is 0. The Kier molecular flexibility index (Phi) is 4.28. The van der Waals surface area contributed by atoms with Gasteiger partial charge in [0.25, 0.3) is 0 Å². The van der Waals surface area contributed by atoms with Crippen LogP contribution in [0.1, 0.15) is 16.7 Å². The summed E-state index contributed by atoms with van der Waals surface area (Å²) >= 11 is 0. The maximum atomic E-state index is 12.4. The van der Waals surface area contributed by atoms with E-state index < -0.39 is 10.0 Å². The summed E-state index contributed by atoms with van der Waals surface area (Å²) in [5.41, 5.74) is 2.66. The summed E-state index contributed by atoms with van der Waals surface area (Å²) in [6, 6.07) is 11.1. The normalized spacial score (nSPS) is 13.3. The van der Waals surface area contributed by atoms with Crippen LogP contribution in [0.2, 0.25) is 0 Å². The molecule has 0 saturated heterocycles. The van der Waals surface area contributed by atoms with E-state index >= 15 is 0 Å². The van der Waals surface area contributed by atoms with Gasteiger partial charge in [-0.1, -0.05) is 18.2 Å². The van der Waals surface area contributed by atoms with Gasteiger partial charge in [0.05, 0.1) is 4.90 Å². The molecule has 6 heteroatoms. The highest BCUT2D eigenvalue weighted by Gasteiger charge is 2.17. The van der Waals surface area contributed by atoms with Crippen molar-refractivity contribution < 1.29 is 17.9 Å². The van der Waals surface area contributed by atoms with Gasteiger partial charge in [-0.2, -0.15) is 0 Å². The molecule has 0 atom stereocenters. The molecule has 1 N–H and O–H groups in total. The van der Waals surface area contributed by atoms with Gasteiger partial charge in [-0.05, 0) is 55.2 Å². The van der Waals surface area contributed by atoms with Crippen LogP contribution in [-0.2, 0) is 16.4 Å². The second kappa shape index (κ2) is 6.22. The summed E-state index contributed by atoms with van der Waals surface area (Å²) in [7, 11) is -3.50. The smallest absolute Gasteiger partial charge is 0.240 e. The molecule has 2 aromatic rings. The van der Waals surface area contributed by atoms with Crippen molar-refractivity contribution in [3.8, 4) is 11.5 Å². The first kappa shape index (κ1) is 15.8. The molecule has 2 aromatic carbocycles. The van der Waals surface area contributed by atoms with E-state index in [1.807, 2.05) is 37.3 Å². The quantitative estimate of drug-likeness (QED) is 0.913. The van der Waals surface area contributed by atoms with E-state index in [0.717, 1.165) is 22.4 Å². The van der Waals surface area contributed by atoms with Gasteiger partial charge in [0.15, 0.2) is 11.5 Å². The molecule has 1 aliphatic rings. The highest BCUT2D eigenvalue weighted by atomic mass is 32.2. The molecule has 1 aliphatic heterocycles. The summed E-state index contributed by atoms with van der Waals surface area (Å²) in [6.45, 7) is 4.24. The Hall–Kier alpha value is -2.05. The van der Waals surface area contributed by atoms with E-state index in [2.05, 4.69) is 4.72 Å². The van der Waals surface area contributed by atoms with Crippen molar-refractivity contribution in [2.75, 3.05) is 13.3 Å². The number of ether oxygens (including phenoxy) is 2. The molecule has 5 nitrogen and oxygen atoms in total. The van der Waals surface area contributed by atoms with Crippen LogP contribution in [0.4, 0.5) is 0 Å². The molecule has 3 rings (SSSR count). The molecule has 0 fully saturated rings. The molecule has 23 heavy (non-hydrogen) atoms. The lowest BCUT2D eigenvalue weighted by molar-refractivity contribution is 0.174. The average molecular weight is 333 g/mol. The third kappa shape index (κ3) is 3.48. The number of aryl methyl sites for hydroxylation is 2. The van der Waals surface area contributed by atoms with Crippen LogP contribution < -0.4 is 14.2 Å². The van der Waals surface area contributed by atoms with Crippen LogP contribution in [0.15, 0.2) is 41.3 Å². The Labute approximate surface area is 136 Å². The van der Waals surface area contributed by atoms with Gasteiger partial charge in [0, 0.05) is 6.54 Å². The molecular formula is C17H19NO4S. The van der Waals surface area contributed by atoms with Crippen molar-refractivity contribution in [1.29, 1.82) is 0 Å². The summed E-state index contributed by atoms with van der Waals surface area (Å²) in [6.07, 6.45) is 0.584. The van der Waals surface area contributed by atoms with E-state index in [-0.39, 0.29) is 6.79 Å². The molecular weight excluding hydrogens is 314 g/mol. The lowest BCUT2D eigenvalue weighted by atomic mass is 10.1. The van der Waals surface area contributed by atoms with E-state index in [4.69, 9.17) is 9.47 Å². The fourth-order valence-corrected chi connectivity index (χ4v) is 3.86. The summed E-state index contributed by atoms with van der Waals surface area (Å²) < 4.78 is 38.1. The molecule has 0 aromatic heterocycles. The van der Waals surface area contributed by atoms with Crippen LogP contribution in [0, 0.1) is 13.8 Å². The van der Waals surface area contributed by atoms with Crippen LogP contribution >= 0.6 is 0 Å². The molecule has 0 radical (unpaired) electrons. The molecule has 0 aliphatic carbocycles. The molecule has 0 spiro atoms. The number of benzene rings is 2. The predicted octanol–water partition coefficient (Wildman–Crippen LogP) is 2.55. The second-order valence-corrected chi connectivity index (χ2v) is 7.34. The van der Waals surface area contributed by atoms with Gasteiger partial charge >= 0.3 is 0 Å². The van der Waals surface area contributed by atoms with Crippen molar-refractivity contribution in [2.24, 2.45) is 0 Å². The number of hydrogen-bond donors (Lipinski definition) is 1. The van der Waals surface area contributed by atoms with E-state index in [9.17, 15) is 8.42 Å². The first-order chi connectivity index (χ1) is 11.0. The Morgan fingerprint density at radius 1 is 1.04 bits per heavy atom. The highest BCUT2D eigenvalue weighted by molar-refractivity contribution is 7.89. The minimum atomic E-state index is -3.50. The lowest BCUT2D eigenvalue weighted by Gasteiger charge is -2.10. The Morgan fingerprint density at radius 2 is 1.83 bits per heavy atom. The molecule has 0 saturated carbocycles. The van der Waals surface area contributed by atoms with E-state index in [1.165, 1.54) is 0 Å². The second-order valence-electron chi connectivity index (χ2n) is 5.60. The van der Waals surface area contributed by atoms with Gasteiger partial charge in [0.1, 0.15) is 0 Å². The monoisotopic (exact) mass is 333 g/mol. The summed E-state index contributed by atoms with van der Waals surface area (Å²) in [5.74, 6) is 1.43. The first-order valence-electron chi connectivity index (χ1n) is 7.41. The standard InChI is InChI=1S/C17H19NO4S/c1-12-3-4-13(2)17(9-12)23(19,20)18-8-7-14-5-6-15-16(10-14)22-11-21-15/h3-6,9-10,18H,7-8,11H2,1-2H3. The van der Waals surface area contributed by atoms with Crippen molar-refractivity contribution >= 4 is 10.0 Å². The van der Waals surface area contributed by atoms with E-state index in [1.54, 1.807) is 13.0 Å². The Morgan fingerprint density at radius 3 is 2.65 bits per heavy atom. The van der Waals surface area contributed by atoms with E-state index in [0.29, 0.717) is 23.6 Å². The summed E-state index contributed by atoms with van der Waals surface area (Å²) in [4.78, 5) is 0.336. The van der Waals surface area contributed by atoms with Gasteiger partial charge in [-0.15, -0.1) is 0 Å². The Bertz CT molecular complexity index is 830. The minimum absolute atomic E-state index is 0.234. The maximum Gasteiger partial charge on any atom is 0.240 e. The van der Waals surface area contributed by atoms with Crippen LogP contribution in [-0.4, -0.2) is 21.8 Å². The zero-order valence-corrected chi connectivity index (χ0v) is 13.9. The van der Waals surface area contributed by atoms with Gasteiger partial charge in [-0.25, -0.2) is 13.1 Å². The van der Waals surface area contributed by atoms with Gasteiger partial charge < -0.3 is 9.47 Å². The number of nitrogens with one attached hydrogen (secondary N) is 1. The number of sulfonamides is 1. The van der Waals surface area contributed by atoms with Crippen LogP contribution in [0.5, 0.6) is 11.5 Å². The fraction of sp³-hybridized carbons (Fsp3) is 0.294. The minimum Gasteiger partial charge on any atom is -0.454 e. The van der Waals surface area contributed by atoms with Crippen molar-refractivity contribution in [1.82, 2.24) is 4.72 Å². The number of hydrogen-bond acceptors (Lipinski definition) is 4. The fourth-order valence-electron chi connectivity index (χ4n) is 2.50. The van der Waals surface area contributed by atoms with Crippen LogP contribution in [0.3, 0.4) is 0 Å². The van der Waals surface area contributed by atoms with Crippen LogP contribution in [0.25, 0.3) is 0 Å². The SMILES string of the molecule is Cc1ccc(C)c(S(=O)(=O)NCCc2ccc3c(c2)OCO3)c1. The van der Waals surface area contributed by atoms with Crippen molar-refractivity contribution in [2.45, 2.75) is 25.2 Å². The average Bonchev–Trinajstić information content (AvgIpc) is 2.97. The van der Waals surface area contributed by atoms with Gasteiger partial charge in [0.2, 0.25) is 16.8 Å². The van der Waals surface area contributed by atoms with Crippen molar-refractivity contribution in [3.05, 3.63) is 53.1 Å². The van der Waals surface area contributed by atoms with Gasteiger partial charge in [-0.3, -0.25) is 0 Å². The predicted molar refractivity (Wildman–Crippen MR) is 87.4 cm³/mol. The molecule has 1 heterocycles. The largest absolute Gasteiger partial charge is 0.454 e. The molecule has 0 unspecified atom stereocenters. The Balaban J connectivity index is 1.67.